The summed E-state index contributed by atoms with van der Waals surface area (Å²) in [6.07, 6.45) is 6.33. The number of carbonyl (C=O) groups is 2. The number of anilines is 1. The lowest BCUT2D eigenvalue weighted by Gasteiger charge is -2.40. The van der Waals surface area contributed by atoms with E-state index in [1.807, 2.05) is 23.7 Å². The summed E-state index contributed by atoms with van der Waals surface area (Å²) in [6.45, 7) is 7.86. The number of aromatic nitrogens is 3. The van der Waals surface area contributed by atoms with Gasteiger partial charge < -0.3 is 19.9 Å². The zero-order valence-corrected chi connectivity index (χ0v) is 21.2. The Hall–Kier alpha value is -3.30. The summed E-state index contributed by atoms with van der Waals surface area (Å²) >= 11 is 0. The Kier molecular flexibility index (Phi) is 6.77. The Morgan fingerprint density at radius 3 is 2.53 bits per heavy atom. The minimum absolute atomic E-state index is 0.000204. The first-order chi connectivity index (χ1) is 17.3. The summed E-state index contributed by atoms with van der Waals surface area (Å²) in [6, 6.07) is 7.37. The largest absolute Gasteiger partial charge is 0.379 e. The van der Waals surface area contributed by atoms with Gasteiger partial charge in [-0.1, -0.05) is 6.42 Å². The van der Waals surface area contributed by atoms with Gasteiger partial charge in [-0.25, -0.2) is 4.98 Å². The average molecular weight is 491 g/mol. The SMILES string of the molecule is Cn1c(-c2ccncc2)nc2cc(C(=O)NCC(C)(C)N3CCOCC3)cc(NC(=O)C3CCC3)c21. The Balaban J connectivity index is 1.45. The van der Waals surface area contributed by atoms with E-state index in [1.165, 1.54) is 0 Å². The predicted molar refractivity (Wildman–Crippen MR) is 139 cm³/mol. The lowest BCUT2D eigenvalue weighted by atomic mass is 9.85. The van der Waals surface area contributed by atoms with Gasteiger partial charge in [0.15, 0.2) is 0 Å². The van der Waals surface area contributed by atoms with Crippen LogP contribution in [0.25, 0.3) is 22.4 Å². The molecule has 5 rings (SSSR count). The van der Waals surface area contributed by atoms with Gasteiger partial charge >= 0.3 is 0 Å². The van der Waals surface area contributed by atoms with Crippen LogP contribution in [0.1, 0.15) is 43.5 Å². The molecule has 9 heteroatoms. The van der Waals surface area contributed by atoms with Crippen LogP contribution in [0.2, 0.25) is 0 Å². The predicted octanol–water partition coefficient (Wildman–Crippen LogP) is 3.21. The third-order valence-electron chi connectivity index (χ3n) is 7.45. The molecule has 3 heterocycles. The number of amides is 2. The molecule has 2 fully saturated rings. The van der Waals surface area contributed by atoms with E-state index in [4.69, 9.17) is 9.72 Å². The number of morpholine rings is 1. The van der Waals surface area contributed by atoms with Crippen LogP contribution < -0.4 is 10.6 Å². The van der Waals surface area contributed by atoms with E-state index >= 15 is 0 Å². The van der Waals surface area contributed by atoms with E-state index in [0.717, 1.165) is 49.3 Å². The van der Waals surface area contributed by atoms with Crippen LogP contribution >= 0.6 is 0 Å². The molecular formula is C27H34N6O3. The number of pyridine rings is 1. The Labute approximate surface area is 211 Å². The molecule has 0 unspecified atom stereocenters. The topological polar surface area (TPSA) is 101 Å². The molecule has 2 aromatic heterocycles. The maximum Gasteiger partial charge on any atom is 0.251 e. The molecule has 3 aromatic rings. The van der Waals surface area contributed by atoms with Crippen molar-refractivity contribution in [1.82, 2.24) is 24.8 Å². The fraction of sp³-hybridized carbons (Fsp3) is 0.481. The first-order valence-electron chi connectivity index (χ1n) is 12.7. The van der Waals surface area contributed by atoms with Crippen LogP contribution in [-0.2, 0) is 16.6 Å². The second kappa shape index (κ2) is 9.99. The number of aryl methyl sites for hydroxylation is 1. The quantitative estimate of drug-likeness (QED) is 0.527. The van der Waals surface area contributed by atoms with Crippen LogP contribution in [0.4, 0.5) is 5.69 Å². The molecule has 1 saturated heterocycles. The number of imidazole rings is 1. The summed E-state index contributed by atoms with van der Waals surface area (Å²) in [5, 5.41) is 6.20. The lowest BCUT2D eigenvalue weighted by molar-refractivity contribution is -0.122. The molecular weight excluding hydrogens is 456 g/mol. The van der Waals surface area contributed by atoms with Gasteiger partial charge in [-0.05, 0) is 51.0 Å². The Morgan fingerprint density at radius 1 is 1.14 bits per heavy atom. The van der Waals surface area contributed by atoms with Crippen molar-refractivity contribution in [2.75, 3.05) is 38.2 Å². The zero-order chi connectivity index (χ0) is 25.3. The van der Waals surface area contributed by atoms with E-state index in [2.05, 4.69) is 34.4 Å². The second-order valence-electron chi connectivity index (χ2n) is 10.3. The van der Waals surface area contributed by atoms with Crippen molar-refractivity contribution in [3.8, 4) is 11.4 Å². The third-order valence-corrected chi connectivity index (χ3v) is 7.45. The average Bonchev–Trinajstić information content (AvgIpc) is 3.19. The summed E-state index contributed by atoms with van der Waals surface area (Å²) in [5.41, 5.74) is 3.25. The molecule has 1 aliphatic carbocycles. The van der Waals surface area contributed by atoms with Gasteiger partial charge in [0.1, 0.15) is 5.82 Å². The number of fused-ring (bicyclic) bond motifs is 1. The van der Waals surface area contributed by atoms with Crippen LogP contribution in [0.5, 0.6) is 0 Å². The van der Waals surface area contributed by atoms with Crippen LogP contribution in [0, 0.1) is 5.92 Å². The van der Waals surface area contributed by atoms with Crippen molar-refractivity contribution in [1.29, 1.82) is 0 Å². The van der Waals surface area contributed by atoms with Crippen molar-refractivity contribution >= 4 is 28.5 Å². The fourth-order valence-electron chi connectivity index (χ4n) is 4.92. The highest BCUT2D eigenvalue weighted by molar-refractivity contribution is 6.06. The molecule has 0 bridgehead atoms. The number of hydrogen-bond acceptors (Lipinski definition) is 6. The van der Waals surface area contributed by atoms with Crippen molar-refractivity contribution in [2.24, 2.45) is 13.0 Å². The van der Waals surface area contributed by atoms with Gasteiger partial charge in [0.05, 0.1) is 29.9 Å². The maximum atomic E-state index is 13.3. The van der Waals surface area contributed by atoms with E-state index in [-0.39, 0.29) is 23.3 Å². The van der Waals surface area contributed by atoms with Crippen molar-refractivity contribution in [2.45, 2.75) is 38.6 Å². The van der Waals surface area contributed by atoms with E-state index in [1.54, 1.807) is 24.5 Å². The molecule has 2 amide bonds. The Morgan fingerprint density at radius 2 is 1.86 bits per heavy atom. The molecule has 2 N–H and O–H groups in total. The molecule has 190 valence electrons. The second-order valence-corrected chi connectivity index (χ2v) is 10.3. The lowest BCUT2D eigenvalue weighted by Crippen LogP contribution is -2.55. The van der Waals surface area contributed by atoms with E-state index in [9.17, 15) is 9.59 Å². The minimum atomic E-state index is -0.204. The minimum Gasteiger partial charge on any atom is -0.379 e. The number of ether oxygens (including phenoxy) is 1. The monoisotopic (exact) mass is 490 g/mol. The van der Waals surface area contributed by atoms with Crippen LogP contribution in [0.15, 0.2) is 36.7 Å². The third kappa shape index (κ3) is 4.85. The molecule has 0 spiro atoms. The smallest absolute Gasteiger partial charge is 0.251 e. The highest BCUT2D eigenvalue weighted by Crippen LogP contribution is 2.33. The van der Waals surface area contributed by atoms with Gasteiger partial charge in [0, 0.05) is 61.7 Å². The summed E-state index contributed by atoms with van der Waals surface area (Å²) in [5.74, 6) is 0.589. The van der Waals surface area contributed by atoms with Crippen molar-refractivity contribution < 1.29 is 14.3 Å². The number of hydrogen-bond donors (Lipinski definition) is 2. The summed E-state index contributed by atoms with van der Waals surface area (Å²) < 4.78 is 7.43. The molecule has 9 nitrogen and oxygen atoms in total. The molecule has 2 aliphatic rings. The zero-order valence-electron chi connectivity index (χ0n) is 21.2. The van der Waals surface area contributed by atoms with Gasteiger partial charge in [-0.3, -0.25) is 19.5 Å². The summed E-state index contributed by atoms with van der Waals surface area (Å²) in [7, 11) is 1.93. The molecule has 1 aromatic carbocycles. The molecule has 1 saturated carbocycles. The molecule has 0 atom stereocenters. The van der Waals surface area contributed by atoms with Gasteiger partial charge in [-0.15, -0.1) is 0 Å². The van der Waals surface area contributed by atoms with Gasteiger partial charge in [0.25, 0.3) is 5.91 Å². The molecule has 1 aliphatic heterocycles. The number of nitrogens with one attached hydrogen (secondary N) is 2. The maximum absolute atomic E-state index is 13.3. The van der Waals surface area contributed by atoms with Gasteiger partial charge in [-0.2, -0.15) is 0 Å². The highest BCUT2D eigenvalue weighted by Gasteiger charge is 2.30. The normalized spacial score (nSPS) is 17.1. The van der Waals surface area contributed by atoms with Gasteiger partial charge in [0.2, 0.25) is 5.91 Å². The van der Waals surface area contributed by atoms with E-state index in [0.29, 0.717) is 36.5 Å². The first-order valence-corrected chi connectivity index (χ1v) is 12.7. The first kappa shape index (κ1) is 24.4. The number of rotatable bonds is 7. The molecule has 36 heavy (non-hydrogen) atoms. The Bertz CT molecular complexity index is 1260. The number of carbonyl (C=O) groups excluding carboxylic acids is 2. The van der Waals surface area contributed by atoms with Crippen molar-refractivity contribution in [3.63, 3.8) is 0 Å². The van der Waals surface area contributed by atoms with E-state index < -0.39 is 0 Å². The summed E-state index contributed by atoms with van der Waals surface area (Å²) in [4.78, 5) is 37.5. The van der Waals surface area contributed by atoms with Crippen molar-refractivity contribution in [3.05, 3.63) is 42.2 Å². The van der Waals surface area contributed by atoms with Crippen LogP contribution in [0.3, 0.4) is 0 Å². The van der Waals surface area contributed by atoms with Crippen LogP contribution in [-0.4, -0.2) is 69.6 Å². The molecule has 0 radical (unpaired) electrons. The highest BCUT2D eigenvalue weighted by atomic mass is 16.5. The number of benzene rings is 1. The fourth-order valence-corrected chi connectivity index (χ4v) is 4.92. The number of nitrogens with zero attached hydrogens (tertiary/aromatic N) is 4. The standard InChI is InChI=1S/C27H34N6O3/c1-27(2,33-11-13-36-14-12-33)17-29-25(34)20-15-21-23(22(16-20)31-26(35)19-5-4-6-19)32(3)24(30-21)18-7-9-28-10-8-18/h7-10,15-16,19H,4-6,11-14,17H2,1-3H3,(H,29,34)(H,31,35).